The molecule has 0 heterocycles. The molecule has 0 aliphatic heterocycles. The topological polar surface area (TPSA) is 37.2 Å². The zero-order chi connectivity index (χ0) is 11.5. The van der Waals surface area contributed by atoms with Gasteiger partial charge in [-0.15, -0.1) is 0 Å². The Morgan fingerprint density at radius 1 is 1.47 bits per heavy atom. The monoisotopic (exact) mass is 211 g/mol. The summed E-state index contributed by atoms with van der Waals surface area (Å²) >= 11 is 0. The predicted octanol–water partition coefficient (Wildman–Crippen LogP) is 1.79. The van der Waals surface area contributed by atoms with Crippen molar-refractivity contribution in [3.8, 4) is 0 Å². The summed E-state index contributed by atoms with van der Waals surface area (Å²) in [5.74, 6) is 0.282. The normalized spacial score (nSPS) is 14.4. The number of nitrogens with zero attached hydrogens (tertiary/aromatic N) is 3. The van der Waals surface area contributed by atoms with Crippen LogP contribution in [0, 0.1) is 5.92 Å². The number of allylic oxidation sites excluding steroid dienone is 1. The Kier molecular flexibility index (Phi) is 8.67. The van der Waals surface area contributed by atoms with E-state index in [2.05, 4.69) is 23.8 Å². The molecule has 0 rings (SSSR count). The van der Waals surface area contributed by atoms with Crippen LogP contribution in [0.1, 0.15) is 13.8 Å². The first-order valence-corrected chi connectivity index (χ1v) is 5.09. The molecule has 0 spiro atoms. The largest absolute Gasteiger partial charge is 0.366 e. The summed E-state index contributed by atoms with van der Waals surface area (Å²) in [4.78, 5) is 10.2. The fourth-order valence-corrected chi connectivity index (χ4v) is 0.753. The fourth-order valence-electron chi connectivity index (χ4n) is 0.753. The molecule has 0 aliphatic rings. The van der Waals surface area contributed by atoms with Gasteiger partial charge in [0.1, 0.15) is 6.73 Å². The molecular weight excluding hydrogens is 190 g/mol. The third-order valence-electron chi connectivity index (χ3n) is 1.78. The predicted molar refractivity (Wildman–Crippen MR) is 65.5 cm³/mol. The van der Waals surface area contributed by atoms with Gasteiger partial charge in [-0.2, -0.15) is 0 Å². The van der Waals surface area contributed by atoms with Crippen molar-refractivity contribution < 1.29 is 4.74 Å². The van der Waals surface area contributed by atoms with E-state index in [1.165, 1.54) is 0 Å². The van der Waals surface area contributed by atoms with Gasteiger partial charge in [0, 0.05) is 39.0 Å². The molecule has 0 amide bonds. The fraction of sp³-hybridized carbons (Fsp3) is 0.636. The maximum absolute atomic E-state index is 4.81. The molecule has 0 fully saturated rings. The smallest absolute Gasteiger partial charge is 0.136 e. The lowest BCUT2D eigenvalue weighted by Crippen LogP contribution is -2.14. The summed E-state index contributed by atoms with van der Waals surface area (Å²) < 4.78 is 4.81. The van der Waals surface area contributed by atoms with Crippen LogP contribution < -0.4 is 0 Å². The van der Waals surface area contributed by atoms with Crippen molar-refractivity contribution in [1.82, 2.24) is 4.90 Å². The minimum atomic E-state index is 0.282. The molecule has 4 heteroatoms. The van der Waals surface area contributed by atoms with Crippen molar-refractivity contribution in [2.24, 2.45) is 15.9 Å². The third-order valence-corrected chi connectivity index (χ3v) is 1.78. The number of aliphatic imine (C=N–C) groups is 2. The van der Waals surface area contributed by atoms with E-state index in [9.17, 15) is 0 Å². The number of hydrogen-bond donors (Lipinski definition) is 0. The van der Waals surface area contributed by atoms with Gasteiger partial charge >= 0.3 is 0 Å². The Morgan fingerprint density at radius 2 is 2.20 bits per heavy atom. The summed E-state index contributed by atoms with van der Waals surface area (Å²) in [5, 5.41) is 0. The Balaban J connectivity index is 3.80. The Morgan fingerprint density at radius 3 is 2.80 bits per heavy atom. The molecule has 0 aromatic carbocycles. The van der Waals surface area contributed by atoms with Gasteiger partial charge < -0.3 is 9.64 Å². The highest BCUT2D eigenvalue weighted by atomic mass is 16.5. The standard InChI is InChI=1S/C11H21N3O/c1-5-14(3)9-12-7-6-11(2)8-13-10-15-4/h6-9,11H,5,10H2,1-4H3/b7-6+,12-9+,13-8-. The molecule has 0 saturated carbocycles. The molecule has 0 N–H and O–H groups in total. The third kappa shape index (κ3) is 9.15. The molecule has 4 nitrogen and oxygen atoms in total. The van der Waals surface area contributed by atoms with Crippen LogP contribution >= 0.6 is 0 Å². The van der Waals surface area contributed by atoms with Crippen LogP contribution in [0.4, 0.5) is 0 Å². The zero-order valence-electron chi connectivity index (χ0n) is 10.1. The van der Waals surface area contributed by atoms with E-state index in [-0.39, 0.29) is 5.92 Å². The van der Waals surface area contributed by atoms with Gasteiger partial charge in [0.2, 0.25) is 0 Å². The molecule has 86 valence electrons. The molecule has 15 heavy (non-hydrogen) atoms. The number of methoxy groups -OCH3 is 1. The summed E-state index contributed by atoms with van der Waals surface area (Å²) in [7, 11) is 3.61. The second kappa shape index (κ2) is 9.40. The van der Waals surface area contributed by atoms with Gasteiger partial charge in [0.25, 0.3) is 0 Å². The highest BCUT2D eigenvalue weighted by molar-refractivity contribution is 5.62. The van der Waals surface area contributed by atoms with Gasteiger partial charge in [0.05, 0.1) is 6.34 Å². The van der Waals surface area contributed by atoms with Crippen LogP contribution in [0.15, 0.2) is 22.3 Å². The van der Waals surface area contributed by atoms with Gasteiger partial charge in [-0.05, 0) is 6.92 Å². The van der Waals surface area contributed by atoms with Crippen LogP contribution in [0.25, 0.3) is 0 Å². The van der Waals surface area contributed by atoms with Crippen molar-refractivity contribution in [3.63, 3.8) is 0 Å². The van der Waals surface area contributed by atoms with Gasteiger partial charge in [-0.3, -0.25) is 4.99 Å². The highest BCUT2D eigenvalue weighted by Crippen LogP contribution is 1.93. The average Bonchev–Trinajstić information content (AvgIpc) is 2.24. The Labute approximate surface area is 92.4 Å². The first-order valence-electron chi connectivity index (χ1n) is 5.09. The molecule has 1 unspecified atom stereocenters. The number of ether oxygens (including phenoxy) is 1. The lowest BCUT2D eigenvalue weighted by molar-refractivity contribution is 0.209. The summed E-state index contributed by atoms with van der Waals surface area (Å²) in [5.41, 5.74) is 0. The minimum Gasteiger partial charge on any atom is -0.366 e. The molecular formula is C11H21N3O. The molecule has 1 atom stereocenters. The van der Waals surface area contributed by atoms with Crippen LogP contribution in [-0.4, -0.2) is 44.9 Å². The maximum atomic E-state index is 4.81. The van der Waals surface area contributed by atoms with Crippen LogP contribution in [0.3, 0.4) is 0 Å². The summed E-state index contributed by atoms with van der Waals surface area (Å²) in [6.07, 6.45) is 7.42. The maximum Gasteiger partial charge on any atom is 0.136 e. The van der Waals surface area contributed by atoms with Crippen molar-refractivity contribution in [1.29, 1.82) is 0 Å². The first kappa shape index (κ1) is 13.8. The van der Waals surface area contributed by atoms with E-state index in [1.54, 1.807) is 19.6 Å². The van der Waals surface area contributed by atoms with Crippen molar-refractivity contribution in [3.05, 3.63) is 12.3 Å². The molecule has 0 saturated heterocycles. The molecule has 0 radical (unpaired) electrons. The van der Waals surface area contributed by atoms with Crippen molar-refractivity contribution in [2.45, 2.75) is 13.8 Å². The van der Waals surface area contributed by atoms with Crippen LogP contribution in [0.2, 0.25) is 0 Å². The Hall–Kier alpha value is -1.16. The molecule has 0 aromatic heterocycles. The quantitative estimate of drug-likeness (QED) is 0.475. The van der Waals surface area contributed by atoms with Crippen LogP contribution in [0.5, 0.6) is 0 Å². The van der Waals surface area contributed by atoms with Gasteiger partial charge in [-0.25, -0.2) is 4.99 Å². The first-order chi connectivity index (χ1) is 7.20. The van der Waals surface area contributed by atoms with Gasteiger partial charge in [0.15, 0.2) is 0 Å². The SMILES string of the molecule is CCN(C)/C=N/C=C/C(C)/C=N\COC. The number of rotatable bonds is 7. The summed E-state index contributed by atoms with van der Waals surface area (Å²) in [6.45, 7) is 5.51. The average molecular weight is 211 g/mol. The van der Waals surface area contributed by atoms with Crippen molar-refractivity contribution in [2.75, 3.05) is 27.4 Å². The highest BCUT2D eigenvalue weighted by Gasteiger charge is 1.88. The van der Waals surface area contributed by atoms with E-state index in [0.29, 0.717) is 6.73 Å². The number of hydrogen-bond acceptors (Lipinski definition) is 3. The van der Waals surface area contributed by atoms with E-state index in [1.807, 2.05) is 24.2 Å². The lowest BCUT2D eigenvalue weighted by atomic mass is 10.2. The molecule has 0 aromatic rings. The second-order valence-corrected chi connectivity index (χ2v) is 3.29. The molecule has 0 aliphatic carbocycles. The van der Waals surface area contributed by atoms with E-state index in [4.69, 9.17) is 4.74 Å². The minimum absolute atomic E-state index is 0.282. The van der Waals surface area contributed by atoms with Crippen LogP contribution in [-0.2, 0) is 4.74 Å². The lowest BCUT2D eigenvalue weighted by Gasteiger charge is -2.06. The van der Waals surface area contributed by atoms with E-state index >= 15 is 0 Å². The van der Waals surface area contributed by atoms with Gasteiger partial charge in [-0.1, -0.05) is 13.0 Å². The van der Waals surface area contributed by atoms with E-state index in [0.717, 1.165) is 6.54 Å². The summed E-state index contributed by atoms with van der Waals surface area (Å²) in [6, 6.07) is 0. The van der Waals surface area contributed by atoms with E-state index < -0.39 is 0 Å². The Bertz CT molecular complexity index is 224. The van der Waals surface area contributed by atoms with Crippen molar-refractivity contribution >= 4 is 12.6 Å². The zero-order valence-corrected chi connectivity index (χ0v) is 10.1. The molecule has 0 bridgehead atoms. The second-order valence-electron chi connectivity index (χ2n) is 3.29.